The van der Waals surface area contributed by atoms with Crippen molar-refractivity contribution in [2.24, 2.45) is 5.41 Å². The van der Waals surface area contributed by atoms with Gasteiger partial charge < -0.3 is 15.3 Å². The molecule has 0 aromatic heterocycles. The van der Waals surface area contributed by atoms with Crippen molar-refractivity contribution in [1.29, 1.82) is 0 Å². The molecule has 0 amide bonds. The second-order valence-electron chi connectivity index (χ2n) is 5.73. The lowest BCUT2D eigenvalue weighted by atomic mass is 10.0. The average Bonchev–Trinajstić information content (AvgIpc) is 3.02. The van der Waals surface area contributed by atoms with Crippen molar-refractivity contribution in [2.75, 3.05) is 33.3 Å². The van der Waals surface area contributed by atoms with Crippen LogP contribution in [0.5, 0.6) is 0 Å². The Hall–Kier alpha value is -0.120. The third-order valence-electron chi connectivity index (χ3n) is 4.40. The molecule has 1 heterocycles. The smallest absolute Gasteiger partial charge is 0.0436 e. The summed E-state index contributed by atoms with van der Waals surface area (Å²) in [5.74, 6) is 0. The van der Waals surface area contributed by atoms with Gasteiger partial charge in [0.2, 0.25) is 0 Å². The van der Waals surface area contributed by atoms with Crippen molar-refractivity contribution in [3.63, 3.8) is 0 Å². The van der Waals surface area contributed by atoms with Crippen LogP contribution in [0.15, 0.2) is 0 Å². The maximum Gasteiger partial charge on any atom is 0.0436 e. The molecule has 3 nitrogen and oxygen atoms in total. The van der Waals surface area contributed by atoms with E-state index in [1.165, 1.54) is 38.6 Å². The van der Waals surface area contributed by atoms with Gasteiger partial charge in [0.1, 0.15) is 0 Å². The van der Waals surface area contributed by atoms with E-state index in [1.807, 2.05) is 0 Å². The molecule has 2 rings (SSSR count). The Morgan fingerprint density at radius 3 is 2.81 bits per heavy atom. The van der Waals surface area contributed by atoms with Crippen LogP contribution >= 0.6 is 0 Å². The highest BCUT2D eigenvalue weighted by atomic mass is 16.3. The van der Waals surface area contributed by atoms with E-state index in [0.717, 1.165) is 25.6 Å². The van der Waals surface area contributed by atoms with Crippen LogP contribution in [0.25, 0.3) is 0 Å². The van der Waals surface area contributed by atoms with Gasteiger partial charge in [-0.05, 0) is 51.1 Å². The molecule has 0 spiro atoms. The van der Waals surface area contributed by atoms with Crippen molar-refractivity contribution < 1.29 is 5.11 Å². The molecule has 2 aliphatic rings. The SMILES string of the molecule is CN1CCCCC1CNCC1(CCO)CC1. The van der Waals surface area contributed by atoms with Crippen LogP contribution in [0.3, 0.4) is 0 Å². The van der Waals surface area contributed by atoms with Gasteiger partial charge in [-0.2, -0.15) is 0 Å². The number of likely N-dealkylation sites (tertiary alicyclic amines) is 1. The number of nitrogens with one attached hydrogen (secondary N) is 1. The second kappa shape index (κ2) is 5.48. The van der Waals surface area contributed by atoms with Crippen LogP contribution in [-0.4, -0.2) is 49.3 Å². The van der Waals surface area contributed by atoms with Gasteiger partial charge in [-0.1, -0.05) is 6.42 Å². The zero-order valence-electron chi connectivity index (χ0n) is 10.5. The van der Waals surface area contributed by atoms with Crippen molar-refractivity contribution in [3.05, 3.63) is 0 Å². The standard InChI is InChI=1S/C13H26N2O/c1-15-8-3-2-4-12(15)10-14-11-13(5-6-13)7-9-16/h12,14,16H,2-11H2,1H3. The van der Waals surface area contributed by atoms with Crippen LogP contribution in [-0.2, 0) is 0 Å². The van der Waals surface area contributed by atoms with Crippen molar-refractivity contribution in [2.45, 2.75) is 44.6 Å². The van der Waals surface area contributed by atoms with E-state index in [2.05, 4.69) is 17.3 Å². The van der Waals surface area contributed by atoms with Crippen LogP contribution in [0, 0.1) is 5.41 Å². The molecule has 1 atom stereocenters. The number of hydrogen-bond donors (Lipinski definition) is 2. The van der Waals surface area contributed by atoms with Gasteiger partial charge in [-0.15, -0.1) is 0 Å². The summed E-state index contributed by atoms with van der Waals surface area (Å²) in [6.07, 6.45) is 7.69. The van der Waals surface area contributed by atoms with Crippen LogP contribution < -0.4 is 5.32 Å². The summed E-state index contributed by atoms with van der Waals surface area (Å²) >= 11 is 0. The van der Waals surface area contributed by atoms with Crippen molar-refractivity contribution in [3.8, 4) is 0 Å². The van der Waals surface area contributed by atoms with Gasteiger partial charge in [0.25, 0.3) is 0 Å². The Labute approximate surface area is 99.2 Å². The van der Waals surface area contributed by atoms with Crippen LogP contribution in [0.1, 0.15) is 38.5 Å². The number of nitrogens with zero attached hydrogens (tertiary/aromatic N) is 1. The Morgan fingerprint density at radius 2 is 2.19 bits per heavy atom. The number of rotatable bonds is 6. The lowest BCUT2D eigenvalue weighted by Gasteiger charge is -2.33. The van der Waals surface area contributed by atoms with E-state index in [9.17, 15) is 0 Å². The fraction of sp³-hybridized carbons (Fsp3) is 1.00. The summed E-state index contributed by atoms with van der Waals surface area (Å²) in [6, 6.07) is 0.735. The van der Waals surface area contributed by atoms with Crippen molar-refractivity contribution >= 4 is 0 Å². The molecule has 1 aliphatic carbocycles. The normalized spacial score (nSPS) is 29.2. The van der Waals surface area contributed by atoms with E-state index in [1.54, 1.807) is 0 Å². The lowest BCUT2D eigenvalue weighted by Crippen LogP contribution is -2.44. The Bertz CT molecular complexity index is 216. The predicted molar refractivity (Wildman–Crippen MR) is 66.5 cm³/mol. The Balaban J connectivity index is 1.63. The minimum Gasteiger partial charge on any atom is -0.396 e. The molecule has 1 saturated carbocycles. The molecule has 16 heavy (non-hydrogen) atoms. The first-order chi connectivity index (χ1) is 7.76. The van der Waals surface area contributed by atoms with E-state index in [0.29, 0.717) is 12.0 Å². The maximum absolute atomic E-state index is 9.00. The van der Waals surface area contributed by atoms with E-state index in [-0.39, 0.29) is 0 Å². The first-order valence-corrected chi connectivity index (χ1v) is 6.78. The highest BCUT2D eigenvalue weighted by molar-refractivity contribution is 4.94. The fourth-order valence-electron chi connectivity index (χ4n) is 2.84. The zero-order valence-corrected chi connectivity index (χ0v) is 10.5. The number of hydrogen-bond acceptors (Lipinski definition) is 3. The third-order valence-corrected chi connectivity index (χ3v) is 4.40. The van der Waals surface area contributed by atoms with Gasteiger partial charge in [0, 0.05) is 25.7 Å². The Morgan fingerprint density at radius 1 is 1.38 bits per heavy atom. The highest BCUT2D eigenvalue weighted by Crippen LogP contribution is 2.47. The topological polar surface area (TPSA) is 35.5 Å². The summed E-state index contributed by atoms with van der Waals surface area (Å²) in [5.41, 5.74) is 0.460. The zero-order chi connectivity index (χ0) is 11.4. The predicted octanol–water partition coefficient (Wildman–Crippen LogP) is 1.22. The maximum atomic E-state index is 9.00. The molecule has 0 aromatic rings. The van der Waals surface area contributed by atoms with Crippen LogP contribution in [0.2, 0.25) is 0 Å². The van der Waals surface area contributed by atoms with Gasteiger partial charge in [-0.3, -0.25) is 0 Å². The second-order valence-corrected chi connectivity index (χ2v) is 5.73. The largest absolute Gasteiger partial charge is 0.396 e. The molecule has 0 aromatic carbocycles. The molecule has 0 radical (unpaired) electrons. The number of aliphatic hydroxyl groups excluding tert-OH is 1. The Kier molecular flexibility index (Phi) is 4.22. The first kappa shape index (κ1) is 12.3. The summed E-state index contributed by atoms with van der Waals surface area (Å²) in [6.45, 7) is 3.85. The number of piperidine rings is 1. The van der Waals surface area contributed by atoms with Gasteiger partial charge >= 0.3 is 0 Å². The number of aliphatic hydroxyl groups is 1. The molecular formula is C13H26N2O. The van der Waals surface area contributed by atoms with E-state index >= 15 is 0 Å². The minimum absolute atomic E-state index is 0.352. The van der Waals surface area contributed by atoms with Gasteiger partial charge in [0.15, 0.2) is 0 Å². The molecule has 3 heteroatoms. The third kappa shape index (κ3) is 3.19. The summed E-state index contributed by atoms with van der Waals surface area (Å²) in [5, 5.41) is 12.6. The first-order valence-electron chi connectivity index (χ1n) is 6.78. The molecule has 1 saturated heterocycles. The lowest BCUT2D eigenvalue weighted by molar-refractivity contribution is 0.177. The average molecular weight is 226 g/mol. The minimum atomic E-state index is 0.352. The molecule has 94 valence electrons. The summed E-state index contributed by atoms with van der Waals surface area (Å²) in [4.78, 5) is 2.49. The molecule has 0 bridgehead atoms. The molecular weight excluding hydrogens is 200 g/mol. The number of likely N-dealkylation sites (N-methyl/N-ethyl adjacent to an activating group) is 1. The fourth-order valence-corrected chi connectivity index (χ4v) is 2.84. The quantitative estimate of drug-likeness (QED) is 0.715. The monoisotopic (exact) mass is 226 g/mol. The summed E-state index contributed by atoms with van der Waals surface area (Å²) < 4.78 is 0. The molecule has 1 unspecified atom stereocenters. The van der Waals surface area contributed by atoms with Gasteiger partial charge in [-0.25, -0.2) is 0 Å². The van der Waals surface area contributed by atoms with E-state index < -0.39 is 0 Å². The van der Waals surface area contributed by atoms with Crippen LogP contribution in [0.4, 0.5) is 0 Å². The van der Waals surface area contributed by atoms with E-state index in [4.69, 9.17) is 5.11 Å². The summed E-state index contributed by atoms with van der Waals surface area (Å²) in [7, 11) is 2.24. The molecule has 1 aliphatic heterocycles. The molecule has 2 N–H and O–H groups in total. The highest BCUT2D eigenvalue weighted by Gasteiger charge is 2.41. The molecule has 2 fully saturated rings. The van der Waals surface area contributed by atoms with Crippen molar-refractivity contribution in [1.82, 2.24) is 10.2 Å². The van der Waals surface area contributed by atoms with Gasteiger partial charge in [0.05, 0.1) is 0 Å².